The Balaban J connectivity index is 1.68. The van der Waals surface area contributed by atoms with Gasteiger partial charge in [0.2, 0.25) is 0 Å². The summed E-state index contributed by atoms with van der Waals surface area (Å²) in [5, 5.41) is 8.12. The van der Waals surface area contributed by atoms with Gasteiger partial charge < -0.3 is 0 Å². The highest BCUT2D eigenvalue weighted by Crippen LogP contribution is 2.24. The van der Waals surface area contributed by atoms with Crippen molar-refractivity contribution in [1.82, 2.24) is 29.9 Å². The van der Waals surface area contributed by atoms with E-state index in [1.165, 1.54) is 0 Å². The number of hydrogen-bond acceptors (Lipinski definition) is 6. The molecule has 0 saturated heterocycles. The van der Waals surface area contributed by atoms with E-state index in [0.29, 0.717) is 18.4 Å². The molecule has 3 aromatic heterocycles. The van der Waals surface area contributed by atoms with Gasteiger partial charge in [0.05, 0.1) is 34.7 Å². The van der Waals surface area contributed by atoms with Gasteiger partial charge in [-0.2, -0.15) is 0 Å². The third kappa shape index (κ3) is 4.30. The Morgan fingerprint density at radius 1 is 0.933 bits per heavy atom. The zero-order valence-electron chi connectivity index (χ0n) is 17.2. The van der Waals surface area contributed by atoms with E-state index in [1.54, 1.807) is 23.3 Å². The van der Waals surface area contributed by atoms with Crippen LogP contribution in [0.15, 0.2) is 55.1 Å². The molecule has 0 unspecified atom stereocenters. The topological polar surface area (TPSA) is 86.5 Å². The third-order valence-corrected chi connectivity index (χ3v) is 4.85. The minimum Gasteiger partial charge on any atom is -0.294 e. The quantitative estimate of drug-likeness (QED) is 0.459. The molecule has 0 fully saturated rings. The normalized spacial score (nSPS) is 10.9. The lowest BCUT2D eigenvalue weighted by atomic mass is 10.00. The summed E-state index contributed by atoms with van der Waals surface area (Å²) in [6.45, 7) is 5.81. The van der Waals surface area contributed by atoms with Crippen LogP contribution in [0, 0.1) is 20.8 Å². The van der Waals surface area contributed by atoms with Gasteiger partial charge in [-0.15, -0.1) is 5.10 Å². The zero-order valence-corrected chi connectivity index (χ0v) is 17.2. The van der Waals surface area contributed by atoms with Crippen molar-refractivity contribution in [3.63, 3.8) is 0 Å². The Bertz CT molecular complexity index is 1180. The number of Topliss-reactive ketones (excluding diaryl/α,β-unsaturated/α-hetero) is 1. The van der Waals surface area contributed by atoms with Gasteiger partial charge in [-0.05, 0) is 57.0 Å². The lowest BCUT2D eigenvalue weighted by Gasteiger charge is -2.10. The molecule has 7 heteroatoms. The number of nitrogens with zero attached hydrogens (tertiary/aromatic N) is 6. The summed E-state index contributed by atoms with van der Waals surface area (Å²) in [6.07, 6.45) is 7.83. The summed E-state index contributed by atoms with van der Waals surface area (Å²) in [7, 11) is 0. The molecule has 4 aromatic rings. The van der Waals surface area contributed by atoms with Crippen molar-refractivity contribution in [2.24, 2.45) is 0 Å². The van der Waals surface area contributed by atoms with Crippen molar-refractivity contribution in [1.29, 1.82) is 0 Å². The first-order valence-electron chi connectivity index (χ1n) is 9.76. The summed E-state index contributed by atoms with van der Waals surface area (Å²) in [6, 6.07) is 9.67. The highest BCUT2D eigenvalue weighted by molar-refractivity contribution is 5.98. The number of aromatic nitrogens is 6. The number of hydrogen-bond donors (Lipinski definition) is 0. The largest absolute Gasteiger partial charge is 0.294 e. The fourth-order valence-electron chi connectivity index (χ4n) is 3.16. The number of aryl methyl sites for hydroxylation is 4. The maximum Gasteiger partial charge on any atom is 0.163 e. The second-order valence-electron chi connectivity index (χ2n) is 7.35. The minimum absolute atomic E-state index is 0.0327. The number of rotatable bonds is 6. The standard InChI is InChI=1S/C23H22N6O/c1-15-4-6-22(26-11-15)18-8-19(10-21(9-18)29-17(3)13-27-28-29)23(30)7-5-20-14-24-16(2)12-25-20/h4,6,8-14H,5,7H2,1-3H3. The Morgan fingerprint density at radius 3 is 2.47 bits per heavy atom. The summed E-state index contributed by atoms with van der Waals surface area (Å²) in [5.74, 6) is 0.0327. The first kappa shape index (κ1) is 19.6. The Labute approximate surface area is 174 Å². The smallest absolute Gasteiger partial charge is 0.163 e. The molecule has 3 heterocycles. The van der Waals surface area contributed by atoms with Gasteiger partial charge in [-0.3, -0.25) is 19.7 Å². The number of carbonyl (C=O) groups is 1. The number of pyridine rings is 1. The lowest BCUT2D eigenvalue weighted by molar-refractivity contribution is 0.0982. The molecule has 0 bridgehead atoms. The third-order valence-electron chi connectivity index (χ3n) is 4.85. The van der Waals surface area contributed by atoms with E-state index in [4.69, 9.17) is 0 Å². The molecule has 7 nitrogen and oxygen atoms in total. The van der Waals surface area contributed by atoms with Gasteiger partial charge in [-0.25, -0.2) is 4.68 Å². The first-order valence-corrected chi connectivity index (χ1v) is 9.76. The van der Waals surface area contributed by atoms with Crippen LogP contribution in [0.3, 0.4) is 0 Å². The molecule has 0 saturated carbocycles. The van der Waals surface area contributed by atoms with E-state index in [-0.39, 0.29) is 5.78 Å². The fourth-order valence-corrected chi connectivity index (χ4v) is 3.16. The van der Waals surface area contributed by atoms with Crippen molar-refractivity contribution in [3.8, 4) is 16.9 Å². The average molecular weight is 398 g/mol. The molecule has 0 aliphatic carbocycles. The monoisotopic (exact) mass is 398 g/mol. The van der Waals surface area contributed by atoms with E-state index in [0.717, 1.165) is 39.6 Å². The van der Waals surface area contributed by atoms with Gasteiger partial charge >= 0.3 is 0 Å². The second kappa shape index (κ2) is 8.32. The molecule has 0 N–H and O–H groups in total. The van der Waals surface area contributed by atoms with Crippen LogP contribution in [0.25, 0.3) is 16.9 Å². The molecule has 1 aromatic carbocycles. The number of ketones is 1. The SMILES string of the molecule is Cc1ccc(-c2cc(C(=O)CCc3cnc(C)cn3)cc(-n3nncc3C)c2)nc1. The van der Waals surface area contributed by atoms with Gasteiger partial charge in [0.25, 0.3) is 0 Å². The van der Waals surface area contributed by atoms with E-state index < -0.39 is 0 Å². The molecule has 30 heavy (non-hydrogen) atoms. The molecular formula is C23H22N6O. The second-order valence-corrected chi connectivity index (χ2v) is 7.35. The summed E-state index contributed by atoms with van der Waals surface area (Å²) in [5.41, 5.74) is 6.69. The van der Waals surface area contributed by atoms with Crippen LogP contribution in [0.4, 0.5) is 0 Å². The van der Waals surface area contributed by atoms with Gasteiger partial charge in [0.15, 0.2) is 5.78 Å². The minimum atomic E-state index is 0.0327. The maximum absolute atomic E-state index is 13.0. The van der Waals surface area contributed by atoms with Crippen LogP contribution < -0.4 is 0 Å². The highest BCUT2D eigenvalue weighted by Gasteiger charge is 2.14. The summed E-state index contributed by atoms with van der Waals surface area (Å²) < 4.78 is 1.72. The van der Waals surface area contributed by atoms with Crippen LogP contribution in [0.1, 0.15) is 39.4 Å². The molecule has 0 radical (unpaired) electrons. The van der Waals surface area contributed by atoms with E-state index >= 15 is 0 Å². The maximum atomic E-state index is 13.0. The Hall–Kier alpha value is -3.74. The predicted molar refractivity (Wildman–Crippen MR) is 113 cm³/mol. The van der Waals surface area contributed by atoms with Crippen molar-refractivity contribution in [2.45, 2.75) is 33.6 Å². The molecule has 4 rings (SSSR count). The van der Waals surface area contributed by atoms with Crippen molar-refractivity contribution >= 4 is 5.78 Å². The van der Waals surface area contributed by atoms with Crippen LogP contribution in [0.5, 0.6) is 0 Å². The van der Waals surface area contributed by atoms with Gasteiger partial charge in [0, 0.05) is 36.1 Å². The summed E-state index contributed by atoms with van der Waals surface area (Å²) >= 11 is 0. The van der Waals surface area contributed by atoms with E-state index in [9.17, 15) is 4.79 Å². The van der Waals surface area contributed by atoms with Crippen LogP contribution in [0.2, 0.25) is 0 Å². The average Bonchev–Trinajstić information content (AvgIpc) is 3.19. The molecule has 0 spiro atoms. The Kier molecular flexibility index (Phi) is 5.43. The van der Waals surface area contributed by atoms with Crippen LogP contribution in [-0.2, 0) is 6.42 Å². The first-order chi connectivity index (χ1) is 14.5. The van der Waals surface area contributed by atoms with Gasteiger partial charge in [-0.1, -0.05) is 11.3 Å². The molecule has 0 aliphatic rings. The molecule has 150 valence electrons. The van der Waals surface area contributed by atoms with Crippen LogP contribution >= 0.6 is 0 Å². The number of benzene rings is 1. The van der Waals surface area contributed by atoms with Crippen molar-refractivity contribution in [2.75, 3.05) is 0 Å². The Morgan fingerprint density at radius 2 is 1.80 bits per heavy atom. The summed E-state index contributed by atoms with van der Waals surface area (Å²) in [4.78, 5) is 26.1. The molecule has 0 aliphatic heterocycles. The lowest BCUT2D eigenvalue weighted by Crippen LogP contribution is -2.06. The van der Waals surface area contributed by atoms with Gasteiger partial charge in [0.1, 0.15) is 0 Å². The van der Waals surface area contributed by atoms with E-state index in [2.05, 4.69) is 25.3 Å². The number of carbonyl (C=O) groups excluding carboxylic acids is 1. The predicted octanol–water partition coefficient (Wildman–Crippen LogP) is 3.86. The van der Waals surface area contributed by atoms with Crippen molar-refractivity contribution in [3.05, 3.63) is 83.3 Å². The zero-order chi connectivity index (χ0) is 21.1. The van der Waals surface area contributed by atoms with E-state index in [1.807, 2.05) is 57.3 Å². The molecule has 0 atom stereocenters. The van der Waals surface area contributed by atoms with Crippen molar-refractivity contribution < 1.29 is 4.79 Å². The van der Waals surface area contributed by atoms with Crippen LogP contribution in [-0.4, -0.2) is 35.7 Å². The fraction of sp³-hybridized carbons (Fsp3) is 0.217. The highest BCUT2D eigenvalue weighted by atomic mass is 16.1. The molecular weight excluding hydrogens is 376 g/mol. The molecule has 0 amide bonds.